The van der Waals surface area contributed by atoms with Gasteiger partial charge in [-0.2, -0.15) is 0 Å². The number of hydrogen-bond acceptors (Lipinski definition) is 3. The summed E-state index contributed by atoms with van der Waals surface area (Å²) >= 11 is 0. The lowest BCUT2D eigenvalue weighted by molar-refractivity contribution is 0.146. The maximum atomic E-state index is 10.3. The van der Waals surface area contributed by atoms with Crippen LogP contribution in [0.2, 0.25) is 0 Å². The highest BCUT2D eigenvalue weighted by atomic mass is 16.6. The number of hydrogen-bond donors (Lipinski definition) is 1. The predicted molar refractivity (Wildman–Crippen MR) is 49.6 cm³/mol. The number of primary amides is 1. The molecule has 2 N–H and O–H groups in total. The Bertz CT molecular complexity index is 325. The summed E-state index contributed by atoms with van der Waals surface area (Å²) in [6, 6.07) is 9.80. The molecule has 4 nitrogen and oxygen atoms in total. The highest BCUT2D eigenvalue weighted by Gasteiger charge is 2.40. The van der Waals surface area contributed by atoms with Crippen LogP contribution in [0.4, 0.5) is 4.79 Å². The van der Waals surface area contributed by atoms with Crippen LogP contribution in [0.3, 0.4) is 0 Å². The van der Waals surface area contributed by atoms with E-state index < -0.39 is 6.09 Å². The van der Waals surface area contributed by atoms with Crippen molar-refractivity contribution < 1.29 is 14.3 Å². The molecule has 0 bridgehead atoms. The van der Waals surface area contributed by atoms with Gasteiger partial charge in [-0.25, -0.2) is 4.79 Å². The molecule has 74 valence electrons. The zero-order valence-electron chi connectivity index (χ0n) is 7.55. The number of carbonyl (C=O) groups excluding carboxylic acids is 1. The molecule has 2 rings (SSSR count). The van der Waals surface area contributed by atoms with E-state index in [1.165, 1.54) is 0 Å². The van der Waals surface area contributed by atoms with Crippen molar-refractivity contribution in [2.24, 2.45) is 5.73 Å². The van der Waals surface area contributed by atoms with Crippen LogP contribution in [-0.2, 0) is 9.47 Å². The molecule has 0 radical (unpaired) electrons. The zero-order chi connectivity index (χ0) is 9.97. The van der Waals surface area contributed by atoms with Gasteiger partial charge in [0, 0.05) is 0 Å². The minimum atomic E-state index is -0.757. The van der Waals surface area contributed by atoms with Crippen LogP contribution < -0.4 is 5.73 Å². The Morgan fingerprint density at radius 1 is 1.43 bits per heavy atom. The number of rotatable bonds is 3. The molecular weight excluding hydrogens is 182 g/mol. The van der Waals surface area contributed by atoms with E-state index in [0.717, 1.165) is 5.56 Å². The third kappa shape index (κ3) is 2.03. The molecule has 1 saturated heterocycles. The minimum Gasteiger partial charge on any atom is -0.447 e. The first-order valence-corrected chi connectivity index (χ1v) is 4.40. The maximum Gasteiger partial charge on any atom is 0.404 e. The summed E-state index contributed by atoms with van der Waals surface area (Å²) in [6.45, 7) is 0.231. The van der Waals surface area contributed by atoms with E-state index in [2.05, 4.69) is 4.74 Å². The monoisotopic (exact) mass is 193 g/mol. The number of ether oxygens (including phenoxy) is 2. The Morgan fingerprint density at radius 3 is 2.79 bits per heavy atom. The SMILES string of the molecule is NC(=O)OCC1OC1c1ccccc1. The fourth-order valence-corrected chi connectivity index (χ4v) is 1.37. The standard InChI is InChI=1S/C10H11NO3/c11-10(12)13-6-8-9(14-8)7-4-2-1-3-5-7/h1-5,8-9H,6H2,(H2,11,12). The van der Waals surface area contributed by atoms with E-state index in [-0.39, 0.29) is 18.8 Å². The van der Waals surface area contributed by atoms with E-state index in [9.17, 15) is 4.79 Å². The summed E-state index contributed by atoms with van der Waals surface area (Å²) in [5.41, 5.74) is 5.94. The van der Waals surface area contributed by atoms with Crippen LogP contribution in [0, 0.1) is 0 Å². The van der Waals surface area contributed by atoms with E-state index in [1.54, 1.807) is 0 Å². The smallest absolute Gasteiger partial charge is 0.404 e. The molecule has 1 aliphatic heterocycles. The molecule has 0 spiro atoms. The fraction of sp³-hybridized carbons (Fsp3) is 0.300. The normalized spacial score (nSPS) is 24.3. The van der Waals surface area contributed by atoms with Crippen molar-refractivity contribution >= 4 is 6.09 Å². The summed E-state index contributed by atoms with van der Waals surface area (Å²) in [6.07, 6.45) is -0.743. The Hall–Kier alpha value is -1.55. The van der Waals surface area contributed by atoms with Crippen molar-refractivity contribution in [1.29, 1.82) is 0 Å². The van der Waals surface area contributed by atoms with E-state index in [1.807, 2.05) is 30.3 Å². The lowest BCUT2D eigenvalue weighted by Gasteiger charge is -1.96. The van der Waals surface area contributed by atoms with Gasteiger partial charge in [0.15, 0.2) is 0 Å². The molecule has 1 aromatic rings. The van der Waals surface area contributed by atoms with Crippen LogP contribution in [0.5, 0.6) is 0 Å². The number of nitrogens with two attached hydrogens (primary N) is 1. The van der Waals surface area contributed by atoms with Gasteiger partial charge in [-0.15, -0.1) is 0 Å². The highest BCUT2D eigenvalue weighted by molar-refractivity contribution is 5.64. The van der Waals surface area contributed by atoms with Crippen molar-refractivity contribution in [3.8, 4) is 0 Å². The first-order chi connectivity index (χ1) is 6.77. The second kappa shape index (κ2) is 3.67. The lowest BCUT2D eigenvalue weighted by Crippen LogP contribution is -2.16. The summed E-state index contributed by atoms with van der Waals surface area (Å²) in [5.74, 6) is 0. The van der Waals surface area contributed by atoms with Gasteiger partial charge >= 0.3 is 6.09 Å². The average molecular weight is 193 g/mol. The molecule has 1 aliphatic rings. The van der Waals surface area contributed by atoms with Crippen LogP contribution >= 0.6 is 0 Å². The van der Waals surface area contributed by atoms with Crippen molar-refractivity contribution in [3.05, 3.63) is 35.9 Å². The number of benzene rings is 1. The van der Waals surface area contributed by atoms with Crippen LogP contribution in [-0.4, -0.2) is 18.8 Å². The van der Waals surface area contributed by atoms with E-state index in [0.29, 0.717) is 0 Å². The Kier molecular flexibility index (Phi) is 2.37. The molecular formula is C10H11NO3. The summed E-state index contributed by atoms with van der Waals surface area (Å²) in [5, 5.41) is 0. The zero-order valence-corrected chi connectivity index (χ0v) is 7.55. The van der Waals surface area contributed by atoms with Crippen molar-refractivity contribution in [1.82, 2.24) is 0 Å². The molecule has 1 amide bonds. The number of epoxide rings is 1. The Morgan fingerprint density at radius 2 is 2.14 bits per heavy atom. The van der Waals surface area contributed by atoms with Gasteiger partial charge in [0.1, 0.15) is 18.8 Å². The van der Waals surface area contributed by atoms with Crippen molar-refractivity contribution in [2.45, 2.75) is 12.2 Å². The number of amides is 1. The average Bonchev–Trinajstić information content (AvgIpc) is 2.95. The van der Waals surface area contributed by atoms with Gasteiger partial charge in [-0.1, -0.05) is 30.3 Å². The molecule has 2 atom stereocenters. The van der Waals surface area contributed by atoms with Gasteiger partial charge in [0.2, 0.25) is 0 Å². The van der Waals surface area contributed by atoms with Gasteiger partial charge in [0.05, 0.1) is 0 Å². The largest absolute Gasteiger partial charge is 0.447 e. The third-order valence-corrected chi connectivity index (χ3v) is 2.10. The molecule has 0 aromatic heterocycles. The topological polar surface area (TPSA) is 64.9 Å². The summed E-state index contributed by atoms with van der Waals surface area (Å²) in [4.78, 5) is 10.3. The molecule has 1 fully saturated rings. The number of carbonyl (C=O) groups is 1. The van der Waals surface area contributed by atoms with Gasteiger partial charge < -0.3 is 15.2 Å². The second-order valence-electron chi connectivity index (χ2n) is 3.14. The Labute approximate surface area is 81.6 Å². The molecule has 14 heavy (non-hydrogen) atoms. The highest BCUT2D eigenvalue weighted by Crippen LogP contribution is 2.38. The van der Waals surface area contributed by atoms with Crippen molar-refractivity contribution in [3.63, 3.8) is 0 Å². The summed E-state index contributed by atoms with van der Waals surface area (Å²) in [7, 11) is 0. The van der Waals surface area contributed by atoms with E-state index in [4.69, 9.17) is 10.5 Å². The van der Waals surface area contributed by atoms with E-state index >= 15 is 0 Å². The van der Waals surface area contributed by atoms with Crippen LogP contribution in [0.1, 0.15) is 11.7 Å². The second-order valence-corrected chi connectivity index (χ2v) is 3.14. The maximum absolute atomic E-state index is 10.3. The van der Waals surface area contributed by atoms with Crippen LogP contribution in [0.25, 0.3) is 0 Å². The fourth-order valence-electron chi connectivity index (χ4n) is 1.37. The molecule has 1 heterocycles. The molecule has 2 unspecified atom stereocenters. The predicted octanol–water partition coefficient (Wildman–Crippen LogP) is 1.22. The quantitative estimate of drug-likeness (QED) is 0.734. The van der Waals surface area contributed by atoms with Gasteiger partial charge in [0.25, 0.3) is 0 Å². The molecule has 4 heteroatoms. The lowest BCUT2D eigenvalue weighted by atomic mass is 10.1. The molecule has 0 aliphatic carbocycles. The molecule has 1 aromatic carbocycles. The summed E-state index contributed by atoms with van der Waals surface area (Å²) < 4.78 is 9.95. The van der Waals surface area contributed by atoms with Gasteiger partial charge in [-0.05, 0) is 5.56 Å². The van der Waals surface area contributed by atoms with Gasteiger partial charge in [-0.3, -0.25) is 0 Å². The third-order valence-electron chi connectivity index (χ3n) is 2.10. The van der Waals surface area contributed by atoms with Crippen molar-refractivity contribution in [2.75, 3.05) is 6.61 Å². The van der Waals surface area contributed by atoms with Crippen LogP contribution in [0.15, 0.2) is 30.3 Å². The molecule has 0 saturated carbocycles. The first kappa shape index (κ1) is 9.02. The Balaban J connectivity index is 1.85. The first-order valence-electron chi connectivity index (χ1n) is 4.40. The minimum absolute atomic E-state index is 0.0371.